The fourth-order valence-corrected chi connectivity index (χ4v) is 2.66. The summed E-state index contributed by atoms with van der Waals surface area (Å²) in [6.07, 6.45) is 3.49. The minimum absolute atomic E-state index is 0.0424. The number of carbonyl (C=O) groups is 1. The van der Waals surface area contributed by atoms with E-state index in [-0.39, 0.29) is 12.5 Å². The van der Waals surface area contributed by atoms with Crippen molar-refractivity contribution in [3.05, 3.63) is 84.7 Å². The first-order valence-corrected chi connectivity index (χ1v) is 8.11. The molecular weight excluding hydrogens is 312 g/mol. The van der Waals surface area contributed by atoms with Gasteiger partial charge in [0, 0.05) is 25.2 Å². The van der Waals surface area contributed by atoms with Crippen LogP contribution in [-0.4, -0.2) is 24.6 Å². The van der Waals surface area contributed by atoms with Crippen molar-refractivity contribution in [2.24, 2.45) is 0 Å². The Bertz CT molecular complexity index is 802. The highest BCUT2D eigenvalue weighted by Gasteiger charge is 2.16. The number of hydrogen-bond donors (Lipinski definition) is 0. The third kappa shape index (κ3) is 4.31. The van der Waals surface area contributed by atoms with Gasteiger partial charge in [0.1, 0.15) is 6.61 Å². The van der Waals surface area contributed by atoms with Gasteiger partial charge in [-0.3, -0.25) is 9.78 Å². The lowest BCUT2D eigenvalue weighted by Gasteiger charge is -2.23. The third-order valence-corrected chi connectivity index (χ3v) is 3.92. The number of ether oxygens (including phenoxy) is 1. The molecule has 3 rings (SSSR count). The van der Waals surface area contributed by atoms with E-state index in [1.807, 2.05) is 54.6 Å². The summed E-state index contributed by atoms with van der Waals surface area (Å²) in [7, 11) is 1.53. The molecule has 0 aliphatic rings. The number of nitrogens with zero attached hydrogens (tertiary/aromatic N) is 2. The highest BCUT2D eigenvalue weighted by Crippen LogP contribution is 2.24. The van der Waals surface area contributed by atoms with Gasteiger partial charge in [-0.25, -0.2) is 0 Å². The molecule has 0 aliphatic heterocycles. The number of amides is 1. The van der Waals surface area contributed by atoms with E-state index >= 15 is 0 Å². The Hall–Kier alpha value is -2.98. The number of carbonyl (C=O) groups excluding carboxylic acids is 1. The fourth-order valence-electron chi connectivity index (χ4n) is 2.66. The van der Waals surface area contributed by atoms with Crippen LogP contribution < -0.4 is 4.90 Å². The summed E-state index contributed by atoms with van der Waals surface area (Å²) in [5.41, 5.74) is 4.07. The molecule has 0 aliphatic carbocycles. The lowest BCUT2D eigenvalue weighted by atomic mass is 10.1. The normalized spacial score (nSPS) is 10.4. The predicted octanol–water partition coefficient (Wildman–Crippen LogP) is 3.93. The zero-order chi connectivity index (χ0) is 17.5. The minimum atomic E-state index is -0.0844. The van der Waals surface area contributed by atoms with Crippen molar-refractivity contribution in [3.63, 3.8) is 0 Å². The van der Waals surface area contributed by atoms with Gasteiger partial charge in [-0.2, -0.15) is 0 Å². The third-order valence-electron chi connectivity index (χ3n) is 3.92. The Kier molecular flexibility index (Phi) is 5.54. The number of aromatic nitrogens is 1. The van der Waals surface area contributed by atoms with Crippen molar-refractivity contribution in [1.82, 2.24) is 4.98 Å². The van der Waals surface area contributed by atoms with E-state index in [0.29, 0.717) is 6.54 Å². The largest absolute Gasteiger partial charge is 0.375 e. The van der Waals surface area contributed by atoms with Gasteiger partial charge in [-0.1, -0.05) is 48.5 Å². The van der Waals surface area contributed by atoms with Crippen molar-refractivity contribution < 1.29 is 9.53 Å². The monoisotopic (exact) mass is 332 g/mol. The summed E-state index contributed by atoms with van der Waals surface area (Å²) < 4.78 is 5.03. The van der Waals surface area contributed by atoms with Crippen molar-refractivity contribution >= 4 is 11.6 Å². The van der Waals surface area contributed by atoms with Gasteiger partial charge in [-0.15, -0.1) is 0 Å². The molecular formula is C21H20N2O2. The van der Waals surface area contributed by atoms with Crippen LogP contribution in [0.2, 0.25) is 0 Å². The van der Waals surface area contributed by atoms with Crippen LogP contribution in [0, 0.1) is 0 Å². The highest BCUT2D eigenvalue weighted by atomic mass is 16.5. The number of methoxy groups -OCH3 is 1. The van der Waals surface area contributed by atoms with E-state index in [9.17, 15) is 4.79 Å². The van der Waals surface area contributed by atoms with Crippen LogP contribution in [0.4, 0.5) is 5.69 Å². The van der Waals surface area contributed by atoms with E-state index in [1.165, 1.54) is 7.11 Å². The molecule has 1 amide bonds. The van der Waals surface area contributed by atoms with Gasteiger partial charge in [0.15, 0.2) is 0 Å². The Balaban J connectivity index is 1.86. The van der Waals surface area contributed by atoms with Crippen molar-refractivity contribution in [2.45, 2.75) is 6.54 Å². The molecule has 25 heavy (non-hydrogen) atoms. The second-order valence-corrected chi connectivity index (χ2v) is 5.69. The maximum Gasteiger partial charge on any atom is 0.253 e. The summed E-state index contributed by atoms with van der Waals surface area (Å²) in [6.45, 7) is 0.501. The van der Waals surface area contributed by atoms with Crippen molar-refractivity contribution in [1.29, 1.82) is 0 Å². The molecule has 1 aromatic heterocycles. The molecule has 0 fully saturated rings. The number of pyridine rings is 1. The molecule has 4 heteroatoms. The first kappa shape index (κ1) is 16.9. The van der Waals surface area contributed by atoms with Gasteiger partial charge in [0.05, 0.1) is 6.54 Å². The van der Waals surface area contributed by atoms with Crippen LogP contribution >= 0.6 is 0 Å². The molecule has 4 nitrogen and oxygen atoms in total. The smallest absolute Gasteiger partial charge is 0.253 e. The van der Waals surface area contributed by atoms with Crippen LogP contribution in [0.5, 0.6) is 0 Å². The SMILES string of the molecule is COCC(=O)N(Cc1cccnc1)c1ccc(-c2ccccc2)cc1. The van der Waals surface area contributed by atoms with Crippen LogP contribution in [-0.2, 0) is 16.1 Å². The molecule has 0 unspecified atom stereocenters. The molecule has 0 bridgehead atoms. The zero-order valence-corrected chi connectivity index (χ0v) is 14.1. The van der Waals surface area contributed by atoms with E-state index in [2.05, 4.69) is 17.1 Å². The average molecular weight is 332 g/mol. The number of anilines is 1. The standard InChI is InChI=1S/C21H20N2O2/c1-25-16-21(24)23(15-17-6-5-13-22-14-17)20-11-9-19(10-12-20)18-7-3-2-4-8-18/h2-14H,15-16H2,1H3. The molecule has 0 saturated carbocycles. The average Bonchev–Trinajstić information content (AvgIpc) is 2.68. The number of hydrogen-bond acceptors (Lipinski definition) is 3. The van der Waals surface area contributed by atoms with Crippen LogP contribution in [0.1, 0.15) is 5.56 Å². The molecule has 1 heterocycles. The minimum Gasteiger partial charge on any atom is -0.375 e. The van der Waals surface area contributed by atoms with E-state index in [4.69, 9.17) is 4.74 Å². The summed E-state index contributed by atoms with van der Waals surface area (Å²) in [4.78, 5) is 18.3. The maximum absolute atomic E-state index is 12.5. The summed E-state index contributed by atoms with van der Waals surface area (Å²) in [5.74, 6) is -0.0844. The molecule has 126 valence electrons. The Morgan fingerprint density at radius 1 is 0.960 bits per heavy atom. The van der Waals surface area contributed by atoms with E-state index in [0.717, 1.165) is 22.4 Å². The van der Waals surface area contributed by atoms with Gasteiger partial charge in [0.2, 0.25) is 0 Å². The van der Waals surface area contributed by atoms with Gasteiger partial charge < -0.3 is 9.64 Å². The molecule has 2 aromatic carbocycles. The second kappa shape index (κ2) is 8.22. The molecule has 3 aromatic rings. The van der Waals surface area contributed by atoms with Crippen LogP contribution in [0.15, 0.2) is 79.1 Å². The Morgan fingerprint density at radius 2 is 1.68 bits per heavy atom. The van der Waals surface area contributed by atoms with Crippen LogP contribution in [0.25, 0.3) is 11.1 Å². The molecule has 0 atom stereocenters. The van der Waals surface area contributed by atoms with Crippen molar-refractivity contribution in [3.8, 4) is 11.1 Å². The molecule has 0 N–H and O–H groups in total. The van der Waals surface area contributed by atoms with Crippen LogP contribution in [0.3, 0.4) is 0 Å². The predicted molar refractivity (Wildman–Crippen MR) is 99.2 cm³/mol. The van der Waals surface area contributed by atoms with Gasteiger partial charge >= 0.3 is 0 Å². The quantitative estimate of drug-likeness (QED) is 0.687. The zero-order valence-electron chi connectivity index (χ0n) is 14.1. The molecule has 0 spiro atoms. The summed E-state index contributed by atoms with van der Waals surface area (Å²) >= 11 is 0. The number of benzene rings is 2. The number of rotatable bonds is 6. The Labute approximate surface area is 147 Å². The van der Waals surface area contributed by atoms with Gasteiger partial charge in [-0.05, 0) is 34.9 Å². The highest BCUT2D eigenvalue weighted by molar-refractivity contribution is 5.94. The Morgan fingerprint density at radius 3 is 2.32 bits per heavy atom. The molecule has 0 radical (unpaired) electrons. The first-order valence-electron chi connectivity index (χ1n) is 8.11. The lowest BCUT2D eigenvalue weighted by Crippen LogP contribution is -2.33. The fraction of sp³-hybridized carbons (Fsp3) is 0.143. The van der Waals surface area contributed by atoms with E-state index < -0.39 is 0 Å². The topological polar surface area (TPSA) is 42.4 Å². The summed E-state index contributed by atoms with van der Waals surface area (Å²) in [6, 6.07) is 22.0. The first-order chi connectivity index (χ1) is 12.3. The second-order valence-electron chi connectivity index (χ2n) is 5.69. The maximum atomic E-state index is 12.5. The lowest BCUT2D eigenvalue weighted by molar-refractivity contribution is -0.122. The molecule has 0 saturated heterocycles. The summed E-state index contributed by atoms with van der Waals surface area (Å²) in [5, 5.41) is 0. The van der Waals surface area contributed by atoms with Gasteiger partial charge in [0.25, 0.3) is 5.91 Å². The van der Waals surface area contributed by atoms with E-state index in [1.54, 1.807) is 17.3 Å². The van der Waals surface area contributed by atoms with Crippen molar-refractivity contribution in [2.75, 3.05) is 18.6 Å².